The third-order valence-corrected chi connectivity index (χ3v) is 5.33. The summed E-state index contributed by atoms with van der Waals surface area (Å²) >= 11 is 0. The lowest BCUT2D eigenvalue weighted by molar-refractivity contribution is -0.302. The Morgan fingerprint density at radius 2 is 1.71 bits per heavy atom. The van der Waals surface area contributed by atoms with E-state index in [2.05, 4.69) is 11.9 Å². The molecular weight excluding hydrogens is 218 g/mol. The van der Waals surface area contributed by atoms with Gasteiger partial charge in [-0.05, 0) is 38.9 Å². The summed E-state index contributed by atoms with van der Waals surface area (Å²) in [5, 5.41) is 9.77. The van der Waals surface area contributed by atoms with Gasteiger partial charge in [-0.3, -0.25) is 0 Å². The average Bonchev–Trinajstić information content (AvgIpc) is 2.22. The third-order valence-electron chi connectivity index (χ3n) is 5.33. The third kappa shape index (κ3) is 1.58. The maximum absolute atomic E-state index is 9.77. The van der Waals surface area contributed by atoms with Crippen LogP contribution in [0.1, 0.15) is 12.8 Å². The van der Waals surface area contributed by atoms with Gasteiger partial charge in [0.1, 0.15) is 0 Å². The first-order chi connectivity index (χ1) is 8.22. The molecule has 0 aromatic rings. The van der Waals surface area contributed by atoms with E-state index in [1.807, 2.05) is 0 Å². The number of hydrogen-bond donors (Lipinski definition) is 1. The largest absolute Gasteiger partial charge is 0.396 e. The lowest BCUT2D eigenvalue weighted by Crippen LogP contribution is -2.69. The van der Waals surface area contributed by atoms with E-state index in [-0.39, 0.29) is 17.4 Å². The maximum atomic E-state index is 9.77. The highest BCUT2D eigenvalue weighted by atomic mass is 16.5. The minimum atomic E-state index is -0.00811. The van der Waals surface area contributed by atoms with Gasteiger partial charge in [0, 0.05) is 5.41 Å². The molecule has 3 aliphatic heterocycles. The molecule has 0 bridgehead atoms. The highest BCUT2D eigenvalue weighted by molar-refractivity contribution is 5.09. The Balaban J connectivity index is 1.77. The van der Waals surface area contributed by atoms with E-state index < -0.39 is 0 Å². The minimum absolute atomic E-state index is 0.00811. The lowest BCUT2D eigenvalue weighted by Gasteiger charge is -2.62. The number of nitrogens with zero attached hydrogens (tertiary/aromatic N) is 1. The van der Waals surface area contributed by atoms with Crippen molar-refractivity contribution in [1.29, 1.82) is 0 Å². The molecule has 3 rings (SSSR count). The number of hydrogen-bond acceptors (Lipinski definition) is 4. The van der Waals surface area contributed by atoms with E-state index in [1.165, 1.54) is 25.9 Å². The quantitative estimate of drug-likeness (QED) is 0.774. The molecule has 0 aliphatic carbocycles. The van der Waals surface area contributed by atoms with Gasteiger partial charge in [0.2, 0.25) is 0 Å². The molecule has 0 saturated carbocycles. The molecule has 17 heavy (non-hydrogen) atoms. The topological polar surface area (TPSA) is 41.9 Å². The summed E-state index contributed by atoms with van der Waals surface area (Å²) < 4.78 is 10.9. The number of likely N-dealkylation sites (tertiary alicyclic amines) is 1. The standard InChI is InChI=1S/C13H23NO3/c1-14-4-2-11(3-5-14)13(9-17-10-13)12(6-15)7-16-8-12/h11,15H,2-10H2,1H3. The molecule has 3 saturated heterocycles. The summed E-state index contributed by atoms with van der Waals surface area (Å²) in [6.45, 7) is 5.70. The molecular formula is C13H23NO3. The van der Waals surface area contributed by atoms with E-state index in [0.29, 0.717) is 5.92 Å². The van der Waals surface area contributed by atoms with Crippen LogP contribution in [0.15, 0.2) is 0 Å². The Morgan fingerprint density at radius 1 is 1.12 bits per heavy atom. The van der Waals surface area contributed by atoms with Crippen LogP contribution in [0.4, 0.5) is 0 Å². The van der Waals surface area contributed by atoms with Gasteiger partial charge in [0.25, 0.3) is 0 Å². The van der Waals surface area contributed by atoms with Gasteiger partial charge in [0.15, 0.2) is 0 Å². The van der Waals surface area contributed by atoms with Crippen molar-refractivity contribution in [2.45, 2.75) is 12.8 Å². The van der Waals surface area contributed by atoms with E-state index in [1.54, 1.807) is 0 Å². The predicted molar refractivity (Wildman–Crippen MR) is 63.8 cm³/mol. The van der Waals surface area contributed by atoms with Gasteiger partial charge >= 0.3 is 0 Å². The van der Waals surface area contributed by atoms with Crippen LogP contribution in [-0.4, -0.2) is 63.2 Å². The van der Waals surface area contributed by atoms with Crippen LogP contribution in [0.2, 0.25) is 0 Å². The van der Waals surface area contributed by atoms with Gasteiger partial charge in [-0.25, -0.2) is 0 Å². The molecule has 0 unspecified atom stereocenters. The van der Waals surface area contributed by atoms with Crippen LogP contribution in [-0.2, 0) is 9.47 Å². The Morgan fingerprint density at radius 3 is 2.06 bits per heavy atom. The van der Waals surface area contributed by atoms with Crippen LogP contribution in [0, 0.1) is 16.7 Å². The summed E-state index contributed by atoms with van der Waals surface area (Å²) in [7, 11) is 2.19. The second-order valence-electron chi connectivity index (χ2n) is 6.16. The second kappa shape index (κ2) is 4.19. The molecule has 4 nitrogen and oxygen atoms in total. The fourth-order valence-corrected chi connectivity index (χ4v) is 3.74. The number of piperidine rings is 1. The van der Waals surface area contributed by atoms with Crippen molar-refractivity contribution < 1.29 is 14.6 Å². The monoisotopic (exact) mass is 241 g/mol. The Bertz CT molecular complexity index is 273. The molecule has 3 aliphatic rings. The molecule has 1 N–H and O–H groups in total. The maximum Gasteiger partial charge on any atom is 0.0574 e. The molecule has 3 fully saturated rings. The number of ether oxygens (including phenoxy) is 2. The molecule has 0 radical (unpaired) electrons. The molecule has 0 aromatic carbocycles. The van der Waals surface area contributed by atoms with Crippen molar-refractivity contribution in [2.24, 2.45) is 16.7 Å². The van der Waals surface area contributed by atoms with Crippen molar-refractivity contribution in [1.82, 2.24) is 4.90 Å². The molecule has 0 aromatic heterocycles. The van der Waals surface area contributed by atoms with Crippen molar-refractivity contribution in [3.05, 3.63) is 0 Å². The zero-order valence-electron chi connectivity index (χ0n) is 10.7. The first kappa shape index (κ1) is 11.9. The molecule has 98 valence electrons. The van der Waals surface area contributed by atoms with Gasteiger partial charge in [-0.15, -0.1) is 0 Å². The zero-order valence-corrected chi connectivity index (χ0v) is 10.7. The Hall–Kier alpha value is -0.160. The Labute approximate surface area is 103 Å². The Kier molecular flexibility index (Phi) is 2.94. The van der Waals surface area contributed by atoms with Crippen LogP contribution in [0.3, 0.4) is 0 Å². The first-order valence-electron chi connectivity index (χ1n) is 6.67. The predicted octanol–water partition coefficient (Wildman–Crippen LogP) is 0.354. The van der Waals surface area contributed by atoms with Crippen molar-refractivity contribution in [3.63, 3.8) is 0 Å². The van der Waals surface area contributed by atoms with Crippen molar-refractivity contribution in [3.8, 4) is 0 Å². The van der Waals surface area contributed by atoms with Crippen molar-refractivity contribution in [2.75, 3.05) is 53.2 Å². The van der Waals surface area contributed by atoms with Crippen LogP contribution in [0.25, 0.3) is 0 Å². The smallest absolute Gasteiger partial charge is 0.0574 e. The molecule has 0 amide bonds. The average molecular weight is 241 g/mol. The van der Waals surface area contributed by atoms with Crippen LogP contribution >= 0.6 is 0 Å². The summed E-state index contributed by atoms with van der Waals surface area (Å²) in [6, 6.07) is 0. The molecule has 4 heteroatoms. The molecule has 0 atom stereocenters. The summed E-state index contributed by atoms with van der Waals surface area (Å²) in [5.74, 6) is 0.698. The number of aliphatic hydroxyl groups excluding tert-OH is 1. The summed E-state index contributed by atoms with van der Waals surface area (Å²) in [6.07, 6.45) is 2.48. The normalized spacial score (nSPS) is 32.8. The van der Waals surface area contributed by atoms with E-state index in [0.717, 1.165) is 26.4 Å². The van der Waals surface area contributed by atoms with E-state index >= 15 is 0 Å². The fraction of sp³-hybridized carbons (Fsp3) is 1.00. The summed E-state index contributed by atoms with van der Waals surface area (Å²) in [5.41, 5.74) is 0.188. The highest BCUT2D eigenvalue weighted by Gasteiger charge is 2.63. The zero-order chi connectivity index (χ0) is 11.9. The van der Waals surface area contributed by atoms with Crippen LogP contribution in [0.5, 0.6) is 0 Å². The van der Waals surface area contributed by atoms with Gasteiger partial charge < -0.3 is 19.5 Å². The molecule has 0 spiro atoms. The van der Waals surface area contributed by atoms with Crippen LogP contribution < -0.4 is 0 Å². The second-order valence-corrected chi connectivity index (χ2v) is 6.16. The fourth-order valence-electron chi connectivity index (χ4n) is 3.74. The number of aliphatic hydroxyl groups is 1. The van der Waals surface area contributed by atoms with Gasteiger partial charge in [-0.2, -0.15) is 0 Å². The van der Waals surface area contributed by atoms with Crippen molar-refractivity contribution >= 4 is 0 Å². The molecule has 3 heterocycles. The SMILES string of the molecule is CN1CCC(C2(C3(CO)COC3)COC2)CC1. The van der Waals surface area contributed by atoms with Gasteiger partial charge in [-0.1, -0.05) is 0 Å². The van der Waals surface area contributed by atoms with Gasteiger partial charge in [0.05, 0.1) is 38.4 Å². The highest BCUT2D eigenvalue weighted by Crippen LogP contribution is 2.56. The minimum Gasteiger partial charge on any atom is -0.396 e. The lowest BCUT2D eigenvalue weighted by atomic mass is 9.53. The summed E-state index contributed by atoms with van der Waals surface area (Å²) in [4.78, 5) is 2.40. The van der Waals surface area contributed by atoms with E-state index in [9.17, 15) is 5.11 Å². The first-order valence-corrected chi connectivity index (χ1v) is 6.67. The van der Waals surface area contributed by atoms with E-state index in [4.69, 9.17) is 9.47 Å². The number of rotatable bonds is 3.